The number of nitrogens with two attached hydrogens (primary N) is 1. The van der Waals surface area contributed by atoms with E-state index in [0.717, 1.165) is 22.2 Å². The predicted octanol–water partition coefficient (Wildman–Crippen LogP) is 4.91. The molecular weight excluding hydrogens is 494 g/mol. The number of fused-ring (bicyclic) bond motifs is 1. The lowest BCUT2D eigenvalue weighted by atomic mass is 10.1. The molecule has 0 spiro atoms. The maximum absolute atomic E-state index is 12.6. The van der Waals surface area contributed by atoms with Crippen molar-refractivity contribution in [3.63, 3.8) is 0 Å². The third-order valence-corrected chi connectivity index (χ3v) is 6.54. The Hall–Kier alpha value is -4.31. The molecule has 2 aromatic carbocycles. The van der Waals surface area contributed by atoms with Crippen LogP contribution in [0.5, 0.6) is 5.75 Å². The molecule has 1 fully saturated rings. The van der Waals surface area contributed by atoms with Gasteiger partial charge in [0.2, 0.25) is 5.95 Å². The van der Waals surface area contributed by atoms with Crippen LogP contribution in [0.1, 0.15) is 30.1 Å². The highest BCUT2D eigenvalue weighted by Gasteiger charge is 2.21. The highest BCUT2D eigenvalue weighted by molar-refractivity contribution is 6.02. The summed E-state index contributed by atoms with van der Waals surface area (Å²) in [6.45, 7) is 4.65. The first-order chi connectivity index (χ1) is 18.8. The Morgan fingerprint density at radius 2 is 1.95 bits per heavy atom. The summed E-state index contributed by atoms with van der Waals surface area (Å²) < 4.78 is 10.8. The molecular formula is C29H37N7O3. The molecule has 3 heterocycles. The van der Waals surface area contributed by atoms with Gasteiger partial charge in [-0.05, 0) is 52.0 Å². The Morgan fingerprint density at radius 1 is 1.21 bits per heavy atom. The minimum Gasteiger partial charge on any atom is -0.494 e. The molecule has 10 nitrogen and oxygen atoms in total. The van der Waals surface area contributed by atoms with Gasteiger partial charge in [-0.2, -0.15) is 0 Å². The molecule has 1 aliphatic rings. The molecule has 1 aliphatic heterocycles. The molecule has 4 N–H and O–H groups in total. The molecule has 0 aliphatic carbocycles. The minimum absolute atomic E-state index is 0.251. The lowest BCUT2D eigenvalue weighted by Crippen LogP contribution is -2.12. The predicted molar refractivity (Wildman–Crippen MR) is 157 cm³/mol. The number of H-pyrrole nitrogens is 1. The summed E-state index contributed by atoms with van der Waals surface area (Å²) in [6.07, 6.45) is 6.12. The van der Waals surface area contributed by atoms with Gasteiger partial charge in [0, 0.05) is 49.0 Å². The van der Waals surface area contributed by atoms with Crippen molar-refractivity contribution in [2.45, 2.75) is 19.8 Å². The molecule has 0 bridgehead atoms. The van der Waals surface area contributed by atoms with E-state index >= 15 is 0 Å². The molecule has 39 heavy (non-hydrogen) atoms. The van der Waals surface area contributed by atoms with Gasteiger partial charge in [0.15, 0.2) is 0 Å². The van der Waals surface area contributed by atoms with Crippen LogP contribution < -0.4 is 20.7 Å². The molecule has 4 aromatic rings. The number of ether oxygens (including phenoxy) is 2. The SMILES string of the molecule is CCOC(=O)c1cnc(Nc2cc(N)c(N(C)C)cc2OC)nc1-c1c[nH]c2ccccc12.CN1CCCC1. The Morgan fingerprint density at radius 3 is 2.59 bits per heavy atom. The van der Waals surface area contributed by atoms with E-state index in [1.54, 1.807) is 20.1 Å². The molecule has 10 heteroatoms. The smallest absolute Gasteiger partial charge is 0.341 e. The molecule has 2 aromatic heterocycles. The number of esters is 1. The third kappa shape index (κ3) is 6.40. The molecule has 0 saturated carbocycles. The number of nitrogens with zero attached hydrogens (tertiary/aromatic N) is 4. The topological polar surface area (TPSA) is 122 Å². The van der Waals surface area contributed by atoms with E-state index < -0.39 is 5.97 Å². The average Bonchev–Trinajstić information content (AvgIpc) is 3.58. The van der Waals surface area contributed by atoms with Gasteiger partial charge in [0.1, 0.15) is 11.3 Å². The van der Waals surface area contributed by atoms with Gasteiger partial charge in [-0.25, -0.2) is 14.8 Å². The molecule has 206 valence electrons. The van der Waals surface area contributed by atoms with Crippen LogP contribution in [0.3, 0.4) is 0 Å². The van der Waals surface area contributed by atoms with Gasteiger partial charge in [-0.1, -0.05) is 18.2 Å². The summed E-state index contributed by atoms with van der Waals surface area (Å²) in [7, 11) is 7.57. The number of hydrogen-bond donors (Lipinski definition) is 3. The van der Waals surface area contributed by atoms with Crippen LogP contribution in [0.4, 0.5) is 23.0 Å². The summed E-state index contributed by atoms with van der Waals surface area (Å²) in [6, 6.07) is 11.4. The Balaban J connectivity index is 0.000000519. The molecule has 0 atom stereocenters. The number of rotatable bonds is 7. The molecule has 1 saturated heterocycles. The monoisotopic (exact) mass is 531 g/mol. The van der Waals surface area contributed by atoms with E-state index in [9.17, 15) is 4.79 Å². The van der Waals surface area contributed by atoms with Crippen molar-refractivity contribution in [2.75, 3.05) is 63.9 Å². The van der Waals surface area contributed by atoms with Crippen molar-refractivity contribution >= 4 is 39.9 Å². The van der Waals surface area contributed by atoms with Crippen LogP contribution in [0.15, 0.2) is 48.8 Å². The van der Waals surface area contributed by atoms with Gasteiger partial charge in [0.25, 0.3) is 0 Å². The number of aromatic nitrogens is 3. The van der Waals surface area contributed by atoms with Crippen LogP contribution >= 0.6 is 0 Å². The van der Waals surface area contributed by atoms with E-state index in [4.69, 9.17) is 15.2 Å². The Kier molecular flexibility index (Phi) is 8.88. The number of para-hydroxylation sites is 1. The van der Waals surface area contributed by atoms with Gasteiger partial charge in [-0.3, -0.25) is 0 Å². The summed E-state index contributed by atoms with van der Waals surface area (Å²) in [5.41, 5.74) is 10.7. The highest BCUT2D eigenvalue weighted by atomic mass is 16.5. The van der Waals surface area contributed by atoms with Crippen molar-refractivity contribution in [1.29, 1.82) is 0 Å². The quantitative estimate of drug-likeness (QED) is 0.225. The van der Waals surface area contributed by atoms with Crippen molar-refractivity contribution in [3.8, 4) is 17.0 Å². The summed E-state index contributed by atoms with van der Waals surface area (Å²) in [5, 5.41) is 4.11. The van der Waals surface area contributed by atoms with Crippen molar-refractivity contribution < 1.29 is 14.3 Å². The van der Waals surface area contributed by atoms with Gasteiger partial charge >= 0.3 is 5.97 Å². The van der Waals surface area contributed by atoms with Crippen LogP contribution in [0, 0.1) is 0 Å². The fraction of sp³-hybridized carbons (Fsp3) is 0.345. The zero-order valence-corrected chi connectivity index (χ0v) is 23.2. The minimum atomic E-state index is -0.485. The zero-order chi connectivity index (χ0) is 27.9. The van der Waals surface area contributed by atoms with Gasteiger partial charge < -0.3 is 35.3 Å². The fourth-order valence-electron chi connectivity index (χ4n) is 4.51. The fourth-order valence-corrected chi connectivity index (χ4v) is 4.51. The molecule has 0 unspecified atom stereocenters. The van der Waals surface area contributed by atoms with Crippen molar-refractivity contribution in [2.24, 2.45) is 0 Å². The van der Waals surface area contributed by atoms with E-state index in [1.807, 2.05) is 55.5 Å². The number of anilines is 4. The van der Waals surface area contributed by atoms with E-state index in [-0.39, 0.29) is 12.2 Å². The first-order valence-electron chi connectivity index (χ1n) is 13.0. The number of aromatic amines is 1. The highest BCUT2D eigenvalue weighted by Crippen LogP contribution is 2.36. The second-order valence-electron chi connectivity index (χ2n) is 9.57. The number of nitrogen functional groups attached to an aromatic ring is 1. The standard InChI is InChI=1S/C24H26N6O3.C5H11N/c1-5-33-23(31)16-13-27-24(28-19-10-17(25)20(30(2)3)11-21(19)32-4)29-22(16)15-12-26-18-9-7-6-8-14(15)18;1-6-4-2-3-5-6/h6-13,26H,5,25H2,1-4H3,(H,27,28,29);2-5H2,1H3. The van der Waals surface area contributed by atoms with E-state index in [0.29, 0.717) is 28.8 Å². The number of hydrogen-bond acceptors (Lipinski definition) is 9. The number of benzene rings is 2. The van der Waals surface area contributed by atoms with E-state index in [2.05, 4.69) is 32.2 Å². The lowest BCUT2D eigenvalue weighted by Gasteiger charge is -2.19. The largest absolute Gasteiger partial charge is 0.494 e. The van der Waals surface area contributed by atoms with Gasteiger partial charge in [-0.15, -0.1) is 0 Å². The summed E-state index contributed by atoms with van der Waals surface area (Å²) in [5.74, 6) is 0.389. The normalized spacial score (nSPS) is 13.1. The number of methoxy groups -OCH3 is 1. The first-order valence-corrected chi connectivity index (χ1v) is 13.0. The van der Waals surface area contributed by atoms with Crippen molar-refractivity contribution in [1.82, 2.24) is 19.9 Å². The second kappa shape index (κ2) is 12.5. The number of nitrogens with one attached hydrogen (secondary N) is 2. The first kappa shape index (κ1) is 27.7. The van der Waals surface area contributed by atoms with Crippen LogP contribution in [-0.4, -0.2) is 73.8 Å². The molecule has 0 amide bonds. The Labute approximate surface area is 229 Å². The maximum atomic E-state index is 12.6. The Bertz CT molecular complexity index is 1430. The number of carbonyl (C=O) groups is 1. The number of carbonyl (C=O) groups excluding carboxylic acids is 1. The average molecular weight is 532 g/mol. The van der Waals surface area contributed by atoms with Crippen LogP contribution in [0.25, 0.3) is 22.2 Å². The second-order valence-corrected chi connectivity index (χ2v) is 9.57. The lowest BCUT2D eigenvalue weighted by molar-refractivity contribution is 0.0526. The van der Waals surface area contributed by atoms with E-state index in [1.165, 1.54) is 32.1 Å². The van der Waals surface area contributed by atoms with Crippen LogP contribution in [-0.2, 0) is 4.74 Å². The van der Waals surface area contributed by atoms with Crippen LogP contribution in [0.2, 0.25) is 0 Å². The zero-order valence-electron chi connectivity index (χ0n) is 23.2. The van der Waals surface area contributed by atoms with Crippen molar-refractivity contribution in [3.05, 3.63) is 54.4 Å². The summed E-state index contributed by atoms with van der Waals surface area (Å²) >= 11 is 0. The molecule has 0 radical (unpaired) electrons. The third-order valence-electron chi connectivity index (χ3n) is 6.54. The van der Waals surface area contributed by atoms with Gasteiger partial charge in [0.05, 0.1) is 36.5 Å². The molecule has 5 rings (SSSR count). The maximum Gasteiger partial charge on any atom is 0.341 e. The number of likely N-dealkylation sites (tertiary alicyclic amines) is 1. The summed E-state index contributed by atoms with van der Waals surface area (Å²) in [4.78, 5) is 29.2.